The number of carbonyl (C=O) groups excluding carboxylic acids is 2. The van der Waals surface area contributed by atoms with Gasteiger partial charge in [-0.3, -0.25) is 9.21 Å². The van der Waals surface area contributed by atoms with Crippen molar-refractivity contribution in [3.63, 3.8) is 0 Å². The van der Waals surface area contributed by atoms with Gasteiger partial charge in [-0.25, -0.2) is 9.78 Å². The molecule has 0 radical (unpaired) electrons. The third-order valence-corrected chi connectivity index (χ3v) is 3.99. The van der Waals surface area contributed by atoms with E-state index in [9.17, 15) is 9.59 Å². The second-order valence-electron chi connectivity index (χ2n) is 6.01. The number of halogens is 1. The van der Waals surface area contributed by atoms with Gasteiger partial charge in [0, 0.05) is 50.5 Å². The van der Waals surface area contributed by atoms with Gasteiger partial charge in [-0.1, -0.05) is 32.5 Å². The van der Waals surface area contributed by atoms with Crippen LogP contribution in [-0.2, 0) is 10.2 Å². The van der Waals surface area contributed by atoms with Gasteiger partial charge >= 0.3 is 6.03 Å². The zero-order chi connectivity index (χ0) is 17.1. The van der Waals surface area contributed by atoms with Crippen LogP contribution in [0.15, 0.2) is 5.16 Å². The fraction of sp³-hybridized carbons (Fsp3) is 0.692. The van der Waals surface area contributed by atoms with Gasteiger partial charge in [-0.15, -0.1) is 5.10 Å². The summed E-state index contributed by atoms with van der Waals surface area (Å²) in [6, 6.07) is -0.264. The van der Waals surface area contributed by atoms with E-state index in [1.54, 1.807) is 14.1 Å². The second-order valence-corrected chi connectivity index (χ2v) is 7.48. The van der Waals surface area contributed by atoms with E-state index in [4.69, 9.17) is 11.8 Å². The Morgan fingerprint density at radius 2 is 1.91 bits per heavy atom. The summed E-state index contributed by atoms with van der Waals surface area (Å²) < 4.78 is 2.39. The molecule has 124 valence electrons. The van der Waals surface area contributed by atoms with Gasteiger partial charge < -0.3 is 4.90 Å². The number of thioether (sulfide) groups is 1. The molecule has 0 unspecified atom stereocenters. The van der Waals surface area contributed by atoms with E-state index in [2.05, 4.69) is 10.1 Å². The molecular weight excluding hydrogens is 326 g/mol. The number of amides is 2. The van der Waals surface area contributed by atoms with Crippen molar-refractivity contribution in [2.45, 2.75) is 38.3 Å². The first-order valence-corrected chi connectivity index (χ1v) is 8.12. The summed E-state index contributed by atoms with van der Waals surface area (Å²) in [6.07, 6.45) is 0. The first-order chi connectivity index (χ1) is 10.0. The smallest absolute Gasteiger partial charge is 0.329 e. The van der Waals surface area contributed by atoms with Gasteiger partial charge in [-0.05, 0) is 0 Å². The molecule has 0 aliphatic rings. The number of hydrogen-bond acceptors (Lipinski definition) is 5. The summed E-state index contributed by atoms with van der Waals surface area (Å²) in [5, 5.41) is 4.81. The predicted molar refractivity (Wildman–Crippen MR) is 87.2 cm³/mol. The molecule has 1 rings (SSSR count). The molecule has 0 aliphatic carbocycles. The van der Waals surface area contributed by atoms with Crippen LogP contribution in [0.1, 0.15) is 33.5 Å². The van der Waals surface area contributed by atoms with Crippen LogP contribution in [-0.4, -0.2) is 62.4 Å². The maximum atomic E-state index is 12.2. The Balaban J connectivity index is 2.94. The molecule has 0 fully saturated rings. The Labute approximate surface area is 140 Å². The van der Waals surface area contributed by atoms with Gasteiger partial charge in [0.2, 0.25) is 5.91 Å². The van der Waals surface area contributed by atoms with E-state index >= 15 is 0 Å². The molecular formula is C13H22ClN5O2S. The third kappa shape index (κ3) is 4.88. The van der Waals surface area contributed by atoms with Crippen molar-refractivity contribution in [1.82, 2.24) is 24.1 Å². The Bertz CT molecular complexity index is 553. The molecule has 0 aromatic carbocycles. The van der Waals surface area contributed by atoms with Crippen molar-refractivity contribution in [2.75, 3.05) is 26.4 Å². The largest absolute Gasteiger partial charge is 0.346 e. The summed E-state index contributed by atoms with van der Waals surface area (Å²) in [7, 11) is 3.32. The lowest BCUT2D eigenvalue weighted by molar-refractivity contribution is -0.124. The highest BCUT2D eigenvalue weighted by molar-refractivity contribution is 7.99. The average Bonchev–Trinajstić information content (AvgIpc) is 2.81. The minimum absolute atomic E-state index is 0.219. The van der Waals surface area contributed by atoms with Gasteiger partial charge in [0.15, 0.2) is 11.0 Å². The number of carbonyl (C=O) groups is 2. The van der Waals surface area contributed by atoms with E-state index < -0.39 is 0 Å². The monoisotopic (exact) mass is 347 g/mol. The molecule has 0 saturated carbocycles. The molecule has 1 aromatic heterocycles. The molecule has 0 aliphatic heterocycles. The quantitative estimate of drug-likeness (QED) is 0.616. The van der Waals surface area contributed by atoms with Crippen LogP contribution in [0.4, 0.5) is 4.79 Å². The van der Waals surface area contributed by atoms with E-state index in [1.165, 1.54) is 28.3 Å². The second kappa shape index (κ2) is 7.32. The normalized spacial score (nSPS) is 11.4. The van der Waals surface area contributed by atoms with Crippen molar-refractivity contribution in [3.8, 4) is 0 Å². The summed E-state index contributed by atoms with van der Waals surface area (Å²) >= 11 is 7.10. The fourth-order valence-corrected chi connectivity index (χ4v) is 2.43. The van der Waals surface area contributed by atoms with Gasteiger partial charge in [0.05, 0.1) is 0 Å². The summed E-state index contributed by atoms with van der Waals surface area (Å²) in [5.74, 6) is 0.898. The Hall–Kier alpha value is -1.28. The van der Waals surface area contributed by atoms with Crippen molar-refractivity contribution < 1.29 is 9.59 Å². The van der Waals surface area contributed by atoms with Crippen LogP contribution < -0.4 is 0 Å². The molecule has 0 bridgehead atoms. The summed E-state index contributed by atoms with van der Waals surface area (Å²) in [6.45, 7) is 7.70. The lowest BCUT2D eigenvalue weighted by atomic mass is 9.96. The van der Waals surface area contributed by atoms with Crippen LogP contribution in [0.5, 0.6) is 0 Å². The lowest BCUT2D eigenvalue weighted by Gasteiger charge is -2.13. The van der Waals surface area contributed by atoms with E-state index in [1.807, 2.05) is 20.8 Å². The van der Waals surface area contributed by atoms with Crippen molar-refractivity contribution in [2.24, 2.45) is 0 Å². The molecule has 1 aromatic rings. The number of nitrogens with zero attached hydrogens (tertiary/aromatic N) is 5. The molecule has 0 saturated heterocycles. The first kappa shape index (κ1) is 18.8. The predicted octanol–water partition coefficient (Wildman–Crippen LogP) is 2.20. The zero-order valence-corrected chi connectivity index (χ0v) is 15.3. The molecule has 22 heavy (non-hydrogen) atoms. The third-order valence-electron chi connectivity index (χ3n) is 2.67. The molecule has 0 atom stereocenters. The zero-order valence-electron chi connectivity index (χ0n) is 13.8. The van der Waals surface area contributed by atoms with Crippen LogP contribution >= 0.6 is 23.5 Å². The topological polar surface area (TPSA) is 71.3 Å². The van der Waals surface area contributed by atoms with Gasteiger partial charge in [0.25, 0.3) is 0 Å². The fourth-order valence-electron chi connectivity index (χ4n) is 1.40. The minimum atomic E-state index is -0.264. The average molecular weight is 348 g/mol. The maximum absolute atomic E-state index is 12.2. The minimum Gasteiger partial charge on any atom is -0.329 e. The number of rotatable bonds is 4. The highest BCUT2D eigenvalue weighted by Crippen LogP contribution is 2.23. The van der Waals surface area contributed by atoms with Crippen LogP contribution in [0.2, 0.25) is 0 Å². The number of aromatic nitrogens is 3. The van der Waals surface area contributed by atoms with E-state index in [0.29, 0.717) is 23.3 Å². The maximum Gasteiger partial charge on any atom is 0.346 e. The summed E-state index contributed by atoms with van der Waals surface area (Å²) in [5.41, 5.74) is -0.259. The standard InChI is InChI=1S/C13H22ClN5O2S/c1-9(20)18(14)7-8-22-11-15-10(13(2,3)4)16-19(11)12(21)17(5)6/h7-8H2,1-6H3. The van der Waals surface area contributed by atoms with Crippen molar-refractivity contribution in [3.05, 3.63) is 5.82 Å². The van der Waals surface area contributed by atoms with E-state index in [0.717, 1.165) is 4.42 Å². The van der Waals surface area contributed by atoms with Crippen molar-refractivity contribution >= 4 is 35.5 Å². The molecule has 2 amide bonds. The molecule has 1 heterocycles. The van der Waals surface area contributed by atoms with Crippen LogP contribution in [0.25, 0.3) is 0 Å². The first-order valence-electron chi connectivity index (χ1n) is 6.80. The van der Waals surface area contributed by atoms with Crippen LogP contribution in [0, 0.1) is 0 Å². The molecule has 7 nitrogen and oxygen atoms in total. The Morgan fingerprint density at radius 1 is 1.32 bits per heavy atom. The van der Waals surface area contributed by atoms with Gasteiger partial charge in [-0.2, -0.15) is 4.68 Å². The molecule has 0 N–H and O–H groups in total. The highest BCUT2D eigenvalue weighted by Gasteiger charge is 2.25. The van der Waals surface area contributed by atoms with Gasteiger partial charge in [0.1, 0.15) is 0 Å². The summed E-state index contributed by atoms with van der Waals surface area (Å²) in [4.78, 5) is 29.2. The SMILES string of the molecule is CC(=O)N(Cl)CCSc1nc(C(C)(C)C)nn1C(=O)N(C)C. The Morgan fingerprint density at radius 3 is 2.36 bits per heavy atom. The highest BCUT2D eigenvalue weighted by atomic mass is 35.5. The van der Waals surface area contributed by atoms with Crippen LogP contribution in [0.3, 0.4) is 0 Å². The van der Waals surface area contributed by atoms with Crippen molar-refractivity contribution in [1.29, 1.82) is 0 Å². The lowest BCUT2D eigenvalue weighted by Crippen LogP contribution is -2.29. The Kier molecular flexibility index (Phi) is 6.25. The molecule has 9 heteroatoms. The number of hydrogen-bond donors (Lipinski definition) is 0. The van der Waals surface area contributed by atoms with E-state index in [-0.39, 0.29) is 17.4 Å². The molecule has 0 spiro atoms.